The van der Waals surface area contributed by atoms with Gasteiger partial charge in [-0.25, -0.2) is 0 Å². The van der Waals surface area contributed by atoms with E-state index in [1.165, 1.54) is 0 Å². The number of carbonyl (C=O) groups excluding carboxylic acids is 2. The Kier molecular flexibility index (Phi) is 6.75. The zero-order valence-corrected chi connectivity index (χ0v) is 17.2. The van der Waals surface area contributed by atoms with Crippen molar-refractivity contribution in [3.05, 3.63) is 60.2 Å². The molecule has 1 atom stereocenters. The van der Waals surface area contributed by atoms with Gasteiger partial charge in [-0.3, -0.25) is 9.59 Å². The van der Waals surface area contributed by atoms with Gasteiger partial charge in [-0.15, -0.1) is 0 Å². The van der Waals surface area contributed by atoms with Gasteiger partial charge in [0.2, 0.25) is 11.8 Å². The highest BCUT2D eigenvalue weighted by Gasteiger charge is 2.36. The molecule has 0 aromatic heterocycles. The smallest absolute Gasteiger partial charge is 0.245 e. The first-order valence-electron chi connectivity index (χ1n) is 9.95. The predicted molar refractivity (Wildman–Crippen MR) is 111 cm³/mol. The SMILES string of the molecule is CC(C)Oc1ccc(OCCN2C(=O)CN(Cc3ccccc3)C(=O)[C@@H]2C)cc1. The van der Waals surface area contributed by atoms with Crippen LogP contribution < -0.4 is 9.47 Å². The third kappa shape index (κ3) is 5.50. The minimum absolute atomic E-state index is 0.0383. The number of benzene rings is 2. The Morgan fingerprint density at radius 2 is 1.66 bits per heavy atom. The van der Waals surface area contributed by atoms with Gasteiger partial charge in [-0.05, 0) is 50.6 Å². The maximum atomic E-state index is 12.7. The lowest BCUT2D eigenvalue weighted by Crippen LogP contribution is -2.59. The molecule has 1 fully saturated rings. The van der Waals surface area contributed by atoms with Gasteiger partial charge in [0, 0.05) is 6.54 Å². The molecule has 3 rings (SSSR count). The average molecular weight is 396 g/mol. The van der Waals surface area contributed by atoms with Crippen LogP contribution in [0.25, 0.3) is 0 Å². The Morgan fingerprint density at radius 1 is 1.00 bits per heavy atom. The summed E-state index contributed by atoms with van der Waals surface area (Å²) in [5, 5.41) is 0. The number of nitrogens with zero attached hydrogens (tertiary/aromatic N) is 2. The molecule has 0 N–H and O–H groups in total. The summed E-state index contributed by atoms with van der Waals surface area (Å²) in [5.41, 5.74) is 1.02. The van der Waals surface area contributed by atoms with Crippen molar-refractivity contribution in [3.8, 4) is 11.5 Å². The Morgan fingerprint density at radius 3 is 2.31 bits per heavy atom. The summed E-state index contributed by atoms with van der Waals surface area (Å²) in [6.45, 7) is 6.97. The molecule has 2 aromatic rings. The fourth-order valence-corrected chi connectivity index (χ4v) is 3.35. The van der Waals surface area contributed by atoms with Crippen LogP contribution in [0.3, 0.4) is 0 Å². The van der Waals surface area contributed by atoms with Gasteiger partial charge in [0.05, 0.1) is 12.6 Å². The van der Waals surface area contributed by atoms with E-state index in [0.717, 1.165) is 11.3 Å². The first-order valence-corrected chi connectivity index (χ1v) is 9.95. The summed E-state index contributed by atoms with van der Waals surface area (Å²) in [6, 6.07) is 16.6. The van der Waals surface area contributed by atoms with E-state index in [4.69, 9.17) is 9.47 Å². The van der Waals surface area contributed by atoms with Crippen LogP contribution in [0.5, 0.6) is 11.5 Å². The molecule has 0 unspecified atom stereocenters. The van der Waals surface area contributed by atoms with E-state index in [0.29, 0.717) is 25.4 Å². The minimum Gasteiger partial charge on any atom is -0.492 e. The van der Waals surface area contributed by atoms with Crippen LogP contribution in [0.4, 0.5) is 0 Å². The van der Waals surface area contributed by atoms with Crippen molar-refractivity contribution in [2.75, 3.05) is 19.7 Å². The van der Waals surface area contributed by atoms with E-state index >= 15 is 0 Å². The van der Waals surface area contributed by atoms with Crippen LogP contribution in [0, 0.1) is 0 Å². The molecule has 0 bridgehead atoms. The van der Waals surface area contributed by atoms with E-state index in [1.807, 2.05) is 68.4 Å². The van der Waals surface area contributed by atoms with Gasteiger partial charge >= 0.3 is 0 Å². The standard InChI is InChI=1S/C23H28N2O4/c1-17(2)29-21-11-9-20(10-12-21)28-14-13-25-18(3)23(27)24(16-22(25)26)15-19-7-5-4-6-8-19/h4-12,17-18H,13-16H2,1-3H3/t18-/m0/s1. The van der Waals surface area contributed by atoms with Gasteiger partial charge in [0.1, 0.15) is 30.7 Å². The Hall–Kier alpha value is -3.02. The van der Waals surface area contributed by atoms with Crippen molar-refractivity contribution in [1.82, 2.24) is 9.80 Å². The molecule has 1 aliphatic rings. The molecule has 29 heavy (non-hydrogen) atoms. The van der Waals surface area contributed by atoms with E-state index in [1.54, 1.807) is 16.7 Å². The van der Waals surface area contributed by atoms with Crippen LogP contribution in [0.1, 0.15) is 26.3 Å². The molecule has 1 aliphatic heterocycles. The summed E-state index contributed by atoms with van der Waals surface area (Å²) < 4.78 is 11.4. The highest BCUT2D eigenvalue weighted by atomic mass is 16.5. The maximum absolute atomic E-state index is 12.7. The molecule has 154 valence electrons. The van der Waals surface area contributed by atoms with Gasteiger partial charge < -0.3 is 19.3 Å². The van der Waals surface area contributed by atoms with Gasteiger partial charge in [-0.2, -0.15) is 0 Å². The average Bonchev–Trinajstić information content (AvgIpc) is 2.70. The summed E-state index contributed by atoms with van der Waals surface area (Å²) in [5.74, 6) is 1.40. The second-order valence-corrected chi connectivity index (χ2v) is 7.43. The molecule has 0 saturated carbocycles. The largest absolute Gasteiger partial charge is 0.492 e. The number of piperazine rings is 1. The summed E-state index contributed by atoms with van der Waals surface area (Å²) in [4.78, 5) is 28.5. The monoisotopic (exact) mass is 396 g/mol. The van der Waals surface area contributed by atoms with Crippen molar-refractivity contribution in [2.45, 2.75) is 39.5 Å². The van der Waals surface area contributed by atoms with Gasteiger partial charge in [-0.1, -0.05) is 30.3 Å². The molecule has 6 heteroatoms. The molecule has 0 spiro atoms. The second kappa shape index (κ2) is 9.45. The normalized spacial score (nSPS) is 17.0. The van der Waals surface area contributed by atoms with Crippen LogP contribution >= 0.6 is 0 Å². The number of rotatable bonds is 8. The van der Waals surface area contributed by atoms with E-state index in [-0.39, 0.29) is 24.5 Å². The van der Waals surface area contributed by atoms with Gasteiger partial charge in [0.25, 0.3) is 0 Å². The van der Waals surface area contributed by atoms with Crippen molar-refractivity contribution in [2.24, 2.45) is 0 Å². The molecule has 1 saturated heterocycles. The lowest BCUT2D eigenvalue weighted by Gasteiger charge is -2.38. The van der Waals surface area contributed by atoms with E-state index in [2.05, 4.69) is 0 Å². The molecular formula is C23H28N2O4. The molecule has 0 radical (unpaired) electrons. The second-order valence-electron chi connectivity index (χ2n) is 7.43. The maximum Gasteiger partial charge on any atom is 0.245 e. The Labute approximate surface area is 172 Å². The fraction of sp³-hybridized carbons (Fsp3) is 0.391. The third-order valence-electron chi connectivity index (χ3n) is 4.80. The zero-order valence-electron chi connectivity index (χ0n) is 17.2. The first-order chi connectivity index (χ1) is 13.9. The lowest BCUT2D eigenvalue weighted by atomic mass is 10.1. The summed E-state index contributed by atoms with van der Waals surface area (Å²) >= 11 is 0. The number of hydrogen-bond donors (Lipinski definition) is 0. The third-order valence-corrected chi connectivity index (χ3v) is 4.80. The van der Waals surface area contributed by atoms with Crippen LogP contribution in [-0.4, -0.2) is 53.5 Å². The molecule has 0 aliphatic carbocycles. The highest BCUT2D eigenvalue weighted by Crippen LogP contribution is 2.19. The summed E-state index contributed by atoms with van der Waals surface area (Å²) in [6.07, 6.45) is 0.118. The fourth-order valence-electron chi connectivity index (χ4n) is 3.35. The molecule has 2 aromatic carbocycles. The molecule has 2 amide bonds. The van der Waals surface area contributed by atoms with E-state index < -0.39 is 6.04 Å². The van der Waals surface area contributed by atoms with Crippen LogP contribution in [0.2, 0.25) is 0 Å². The number of carbonyl (C=O) groups is 2. The molecular weight excluding hydrogens is 368 g/mol. The molecule has 6 nitrogen and oxygen atoms in total. The number of amides is 2. The lowest BCUT2D eigenvalue weighted by molar-refractivity contribution is -0.155. The van der Waals surface area contributed by atoms with Crippen LogP contribution in [-0.2, 0) is 16.1 Å². The van der Waals surface area contributed by atoms with Crippen LogP contribution in [0.15, 0.2) is 54.6 Å². The Bertz CT molecular complexity index is 821. The molecule has 1 heterocycles. The highest BCUT2D eigenvalue weighted by molar-refractivity contribution is 5.94. The first kappa shape index (κ1) is 20.7. The Balaban J connectivity index is 1.51. The van der Waals surface area contributed by atoms with Crippen molar-refractivity contribution < 1.29 is 19.1 Å². The number of ether oxygens (including phenoxy) is 2. The van der Waals surface area contributed by atoms with Gasteiger partial charge in [0.15, 0.2) is 0 Å². The quantitative estimate of drug-likeness (QED) is 0.688. The number of hydrogen-bond acceptors (Lipinski definition) is 4. The predicted octanol–water partition coefficient (Wildman–Crippen LogP) is 3.11. The summed E-state index contributed by atoms with van der Waals surface area (Å²) in [7, 11) is 0. The van der Waals surface area contributed by atoms with Crippen molar-refractivity contribution in [1.29, 1.82) is 0 Å². The zero-order chi connectivity index (χ0) is 20.8. The van der Waals surface area contributed by atoms with Crippen molar-refractivity contribution in [3.63, 3.8) is 0 Å². The topological polar surface area (TPSA) is 59.1 Å². The van der Waals surface area contributed by atoms with Crippen molar-refractivity contribution >= 4 is 11.8 Å². The minimum atomic E-state index is -0.495. The van der Waals surface area contributed by atoms with E-state index in [9.17, 15) is 9.59 Å².